The normalized spacial score (nSPS) is 17.6. The lowest BCUT2D eigenvalue weighted by atomic mass is 10.1. The van der Waals surface area contributed by atoms with Crippen molar-refractivity contribution in [2.24, 2.45) is 12.0 Å². The van der Waals surface area contributed by atoms with Crippen LogP contribution in [0.2, 0.25) is 0 Å². The molecule has 124 valence electrons. The molecule has 6 heteroatoms. The number of benzene rings is 2. The molecule has 1 amide bonds. The highest BCUT2D eigenvalue weighted by molar-refractivity contribution is 8.18. The number of carbonyl (C=O) groups is 1. The zero-order valence-corrected chi connectivity index (χ0v) is 14.2. The summed E-state index contributed by atoms with van der Waals surface area (Å²) in [6.07, 6.45) is 3.89. The third kappa shape index (κ3) is 3.04. The Morgan fingerprint density at radius 1 is 1.20 bits per heavy atom. The number of amides is 1. The van der Waals surface area contributed by atoms with Crippen molar-refractivity contribution in [1.82, 2.24) is 9.88 Å². The zero-order chi connectivity index (χ0) is 17.4. The van der Waals surface area contributed by atoms with Crippen molar-refractivity contribution in [1.29, 1.82) is 0 Å². The van der Waals surface area contributed by atoms with Crippen molar-refractivity contribution in [2.75, 3.05) is 0 Å². The fourth-order valence-corrected chi connectivity index (χ4v) is 3.62. The number of aliphatic imine (C=N–C) groups is 1. The maximum atomic E-state index is 12.3. The van der Waals surface area contributed by atoms with E-state index in [2.05, 4.69) is 10.3 Å². The predicted molar refractivity (Wildman–Crippen MR) is 102 cm³/mol. The monoisotopic (exact) mass is 349 g/mol. The Morgan fingerprint density at radius 2 is 2.04 bits per heavy atom. The molecule has 0 aliphatic carbocycles. The number of hydrogen-bond donors (Lipinski definition) is 2. The van der Waals surface area contributed by atoms with Crippen LogP contribution < -0.4 is 5.32 Å². The average molecular weight is 349 g/mol. The molecule has 1 aliphatic rings. The molecular formula is C19H15N3O2S. The number of thioether (sulfide) groups is 1. The van der Waals surface area contributed by atoms with E-state index in [1.165, 1.54) is 11.8 Å². The molecular weight excluding hydrogens is 334 g/mol. The molecule has 25 heavy (non-hydrogen) atoms. The summed E-state index contributed by atoms with van der Waals surface area (Å²) in [6, 6.07) is 14.7. The van der Waals surface area contributed by atoms with Gasteiger partial charge in [0.25, 0.3) is 5.91 Å². The zero-order valence-electron chi connectivity index (χ0n) is 13.4. The van der Waals surface area contributed by atoms with E-state index >= 15 is 0 Å². The van der Waals surface area contributed by atoms with E-state index in [9.17, 15) is 9.90 Å². The van der Waals surface area contributed by atoms with Crippen molar-refractivity contribution >= 4 is 45.5 Å². The van der Waals surface area contributed by atoms with Crippen LogP contribution in [0, 0.1) is 0 Å². The van der Waals surface area contributed by atoms with Crippen LogP contribution in [0.3, 0.4) is 0 Å². The van der Waals surface area contributed by atoms with Crippen molar-refractivity contribution in [3.05, 3.63) is 65.2 Å². The summed E-state index contributed by atoms with van der Waals surface area (Å²) in [6.45, 7) is 0. The van der Waals surface area contributed by atoms with Gasteiger partial charge in [-0.2, -0.15) is 0 Å². The summed E-state index contributed by atoms with van der Waals surface area (Å²) in [5.74, 6) is -0.0282. The highest BCUT2D eigenvalue weighted by Gasteiger charge is 2.24. The fourth-order valence-electron chi connectivity index (χ4n) is 2.79. The number of aryl methyl sites for hydroxylation is 1. The molecule has 0 unspecified atom stereocenters. The number of nitrogens with one attached hydrogen (secondary N) is 1. The van der Waals surface area contributed by atoms with Gasteiger partial charge in [-0.1, -0.05) is 24.3 Å². The highest BCUT2D eigenvalue weighted by Crippen LogP contribution is 2.31. The molecule has 1 saturated heterocycles. The number of nitrogens with zero attached hydrogens (tertiary/aromatic N) is 2. The lowest BCUT2D eigenvalue weighted by Crippen LogP contribution is -2.19. The first kappa shape index (κ1) is 15.5. The minimum atomic E-state index is -0.170. The second-order valence-corrected chi connectivity index (χ2v) is 6.74. The van der Waals surface area contributed by atoms with Gasteiger partial charge >= 0.3 is 0 Å². The number of phenols is 1. The van der Waals surface area contributed by atoms with Crippen molar-refractivity contribution in [3.8, 4) is 5.75 Å². The molecule has 0 atom stereocenters. The van der Waals surface area contributed by atoms with Crippen LogP contribution in [-0.2, 0) is 11.8 Å². The second-order valence-electron chi connectivity index (χ2n) is 5.71. The molecule has 5 nitrogen and oxygen atoms in total. The standard InChI is InChI=1S/C19H15N3O2S/c1-22-11-12(15-7-2-3-8-16(15)22)9-17-18(24)21-19(25-17)20-13-5-4-6-14(23)10-13/h2-11,23H,1H3,(H,20,21,24). The van der Waals surface area contributed by atoms with Gasteiger partial charge in [0.05, 0.1) is 10.6 Å². The van der Waals surface area contributed by atoms with E-state index in [1.54, 1.807) is 24.3 Å². The van der Waals surface area contributed by atoms with Gasteiger partial charge in [0, 0.05) is 35.8 Å². The quantitative estimate of drug-likeness (QED) is 0.692. The van der Waals surface area contributed by atoms with Crippen LogP contribution in [0.1, 0.15) is 5.56 Å². The minimum Gasteiger partial charge on any atom is -0.508 e. The fraction of sp³-hybridized carbons (Fsp3) is 0.0526. The third-order valence-electron chi connectivity index (χ3n) is 3.93. The lowest BCUT2D eigenvalue weighted by molar-refractivity contribution is -0.115. The van der Waals surface area contributed by atoms with Crippen LogP contribution in [0.25, 0.3) is 17.0 Å². The van der Waals surface area contributed by atoms with Crippen LogP contribution in [0.4, 0.5) is 5.69 Å². The number of para-hydroxylation sites is 1. The Kier molecular flexibility index (Phi) is 3.82. The van der Waals surface area contributed by atoms with Crippen molar-refractivity contribution in [2.45, 2.75) is 0 Å². The topological polar surface area (TPSA) is 66.6 Å². The molecule has 2 aromatic carbocycles. The molecule has 4 rings (SSSR count). The molecule has 3 aromatic rings. The highest BCUT2D eigenvalue weighted by atomic mass is 32.2. The summed E-state index contributed by atoms with van der Waals surface area (Å²) in [5, 5.41) is 13.9. The number of fused-ring (bicyclic) bond motifs is 1. The number of hydrogen-bond acceptors (Lipinski definition) is 4. The molecule has 1 aromatic heterocycles. The van der Waals surface area contributed by atoms with Gasteiger partial charge in [-0.05, 0) is 36.0 Å². The molecule has 0 radical (unpaired) electrons. The Hall–Kier alpha value is -2.99. The second kappa shape index (κ2) is 6.14. The number of aromatic hydroxyl groups is 1. The van der Waals surface area contributed by atoms with Crippen LogP contribution in [0.5, 0.6) is 5.75 Å². The summed E-state index contributed by atoms with van der Waals surface area (Å²) in [4.78, 5) is 17.2. The number of amidine groups is 1. The number of aromatic nitrogens is 1. The van der Waals surface area contributed by atoms with E-state index in [1.807, 2.05) is 48.2 Å². The summed E-state index contributed by atoms with van der Waals surface area (Å²) < 4.78 is 2.04. The molecule has 1 fully saturated rings. The van der Waals surface area contributed by atoms with Gasteiger partial charge in [0.1, 0.15) is 5.75 Å². The van der Waals surface area contributed by atoms with Crippen LogP contribution in [0.15, 0.2) is 64.6 Å². The number of rotatable bonds is 2. The Bertz CT molecular complexity index is 1050. The van der Waals surface area contributed by atoms with Crippen LogP contribution >= 0.6 is 11.8 Å². The van der Waals surface area contributed by atoms with E-state index in [0.717, 1.165) is 16.5 Å². The van der Waals surface area contributed by atoms with E-state index in [4.69, 9.17) is 0 Å². The first-order valence-electron chi connectivity index (χ1n) is 7.73. The van der Waals surface area contributed by atoms with Gasteiger partial charge in [0.15, 0.2) is 5.17 Å². The maximum absolute atomic E-state index is 12.3. The summed E-state index contributed by atoms with van der Waals surface area (Å²) in [7, 11) is 1.99. The summed E-state index contributed by atoms with van der Waals surface area (Å²) in [5.41, 5.74) is 2.70. The molecule has 0 saturated carbocycles. The molecule has 2 heterocycles. The smallest absolute Gasteiger partial charge is 0.264 e. The third-order valence-corrected chi connectivity index (χ3v) is 4.84. The lowest BCUT2D eigenvalue weighted by Gasteiger charge is -1.96. The average Bonchev–Trinajstić information content (AvgIpc) is 3.09. The van der Waals surface area contributed by atoms with Gasteiger partial charge in [-0.15, -0.1) is 0 Å². The minimum absolute atomic E-state index is 0.141. The molecule has 0 spiro atoms. The predicted octanol–water partition coefficient (Wildman–Crippen LogP) is 3.78. The van der Waals surface area contributed by atoms with E-state index in [-0.39, 0.29) is 11.7 Å². The largest absolute Gasteiger partial charge is 0.508 e. The number of carbonyl (C=O) groups excluding carboxylic acids is 1. The van der Waals surface area contributed by atoms with Gasteiger partial charge in [0.2, 0.25) is 0 Å². The van der Waals surface area contributed by atoms with Gasteiger partial charge < -0.3 is 15.0 Å². The van der Waals surface area contributed by atoms with Gasteiger partial charge in [-0.3, -0.25) is 4.79 Å². The Balaban J connectivity index is 1.67. The summed E-state index contributed by atoms with van der Waals surface area (Å²) >= 11 is 1.29. The molecule has 1 aliphatic heterocycles. The Labute approximate surface area is 148 Å². The maximum Gasteiger partial charge on any atom is 0.264 e. The first-order valence-corrected chi connectivity index (χ1v) is 8.54. The SMILES string of the molecule is Cn1cc(C=C2SC(=Nc3cccc(O)c3)NC2=O)c2ccccc21. The van der Waals surface area contributed by atoms with Crippen molar-refractivity contribution < 1.29 is 9.90 Å². The van der Waals surface area contributed by atoms with Gasteiger partial charge in [-0.25, -0.2) is 4.99 Å². The van der Waals surface area contributed by atoms with Crippen LogP contribution in [-0.4, -0.2) is 20.7 Å². The van der Waals surface area contributed by atoms with Crippen molar-refractivity contribution in [3.63, 3.8) is 0 Å². The number of phenolic OH excluding ortho intramolecular Hbond substituents is 1. The molecule has 2 N–H and O–H groups in total. The van der Waals surface area contributed by atoms with E-state index in [0.29, 0.717) is 15.8 Å². The van der Waals surface area contributed by atoms with E-state index < -0.39 is 0 Å². The Morgan fingerprint density at radius 3 is 2.88 bits per heavy atom. The first-order chi connectivity index (χ1) is 12.1. The molecule has 0 bridgehead atoms.